The van der Waals surface area contributed by atoms with Gasteiger partial charge in [0, 0.05) is 7.11 Å². The van der Waals surface area contributed by atoms with Crippen LogP contribution in [0.1, 0.15) is 79.0 Å². The zero-order chi connectivity index (χ0) is 19.0. The van der Waals surface area contributed by atoms with E-state index in [1.54, 1.807) is 24.3 Å². The van der Waals surface area contributed by atoms with Gasteiger partial charge in [0.1, 0.15) is 6.61 Å². The van der Waals surface area contributed by atoms with Crippen LogP contribution in [0.3, 0.4) is 0 Å². The summed E-state index contributed by atoms with van der Waals surface area (Å²) in [6.07, 6.45) is 9.48. The third-order valence-corrected chi connectivity index (χ3v) is 4.12. The summed E-state index contributed by atoms with van der Waals surface area (Å²) >= 11 is 0. The first-order valence-electron chi connectivity index (χ1n) is 9.63. The molecule has 0 aliphatic heterocycles. The van der Waals surface area contributed by atoms with E-state index in [1.807, 2.05) is 0 Å². The van der Waals surface area contributed by atoms with Gasteiger partial charge in [-0.1, -0.05) is 64.0 Å². The van der Waals surface area contributed by atoms with Crippen LogP contribution >= 0.6 is 0 Å². The normalized spacial score (nSPS) is 10.5. The molecule has 0 aliphatic rings. The van der Waals surface area contributed by atoms with E-state index >= 15 is 0 Å². The highest BCUT2D eigenvalue weighted by atomic mass is 16.6. The summed E-state index contributed by atoms with van der Waals surface area (Å²) < 4.78 is 15.3. The molecule has 5 nitrogen and oxygen atoms in total. The number of hydrogen-bond donors (Lipinski definition) is 0. The summed E-state index contributed by atoms with van der Waals surface area (Å²) in [6.45, 7) is 3.06. The van der Waals surface area contributed by atoms with Gasteiger partial charge in [0.25, 0.3) is 0 Å². The Morgan fingerprint density at radius 3 is 1.77 bits per heavy atom. The van der Waals surface area contributed by atoms with E-state index in [2.05, 4.69) is 6.92 Å². The number of hydrogen-bond acceptors (Lipinski definition) is 5. The maximum Gasteiger partial charge on any atom is 0.339 e. The first-order valence-corrected chi connectivity index (χ1v) is 9.63. The smallest absolute Gasteiger partial charge is 0.339 e. The van der Waals surface area contributed by atoms with Crippen molar-refractivity contribution >= 4 is 11.9 Å². The van der Waals surface area contributed by atoms with Crippen molar-refractivity contribution in [2.75, 3.05) is 26.9 Å². The fraction of sp³-hybridized carbons (Fsp3) is 0.619. The van der Waals surface area contributed by atoms with E-state index in [0.29, 0.717) is 13.2 Å². The van der Waals surface area contributed by atoms with Gasteiger partial charge in [0.2, 0.25) is 0 Å². The van der Waals surface area contributed by atoms with Gasteiger partial charge in [-0.3, -0.25) is 0 Å². The van der Waals surface area contributed by atoms with Crippen molar-refractivity contribution in [2.24, 2.45) is 0 Å². The molecule has 146 valence electrons. The number of esters is 2. The van der Waals surface area contributed by atoms with Gasteiger partial charge >= 0.3 is 11.9 Å². The SMILES string of the molecule is CCCCCCCCCCOC(=O)c1ccccc1C(=O)OCCOC. The Hall–Kier alpha value is -1.88. The molecule has 26 heavy (non-hydrogen) atoms. The van der Waals surface area contributed by atoms with Crippen LogP contribution in [0.15, 0.2) is 24.3 Å². The Morgan fingerprint density at radius 1 is 0.731 bits per heavy atom. The molecule has 0 aliphatic carbocycles. The average molecular weight is 364 g/mol. The number of benzene rings is 1. The van der Waals surface area contributed by atoms with Crippen molar-refractivity contribution in [1.29, 1.82) is 0 Å². The molecule has 1 rings (SSSR count). The lowest BCUT2D eigenvalue weighted by molar-refractivity contribution is 0.0372. The first kappa shape index (κ1) is 22.2. The molecule has 1 aromatic carbocycles. The molecular weight excluding hydrogens is 332 g/mol. The highest BCUT2D eigenvalue weighted by molar-refractivity contribution is 6.03. The lowest BCUT2D eigenvalue weighted by atomic mass is 10.1. The fourth-order valence-corrected chi connectivity index (χ4v) is 2.61. The van der Waals surface area contributed by atoms with Crippen LogP contribution in [0, 0.1) is 0 Å². The molecular formula is C21H32O5. The molecule has 0 saturated carbocycles. The molecule has 0 unspecified atom stereocenters. The van der Waals surface area contributed by atoms with E-state index in [1.165, 1.54) is 45.6 Å². The Labute approximate surface area is 157 Å². The summed E-state index contributed by atoms with van der Waals surface area (Å²) in [4.78, 5) is 24.3. The van der Waals surface area contributed by atoms with Gasteiger partial charge in [-0.25, -0.2) is 9.59 Å². The first-order chi connectivity index (χ1) is 12.7. The number of carbonyl (C=O) groups is 2. The maximum atomic E-state index is 12.3. The molecule has 0 heterocycles. The van der Waals surface area contributed by atoms with Crippen molar-refractivity contribution in [3.05, 3.63) is 35.4 Å². The van der Waals surface area contributed by atoms with E-state index in [9.17, 15) is 9.59 Å². The monoisotopic (exact) mass is 364 g/mol. The quantitative estimate of drug-likeness (QED) is 0.351. The Balaban J connectivity index is 2.33. The predicted molar refractivity (Wildman–Crippen MR) is 101 cm³/mol. The summed E-state index contributed by atoms with van der Waals surface area (Å²) in [5, 5.41) is 0. The van der Waals surface area contributed by atoms with E-state index in [4.69, 9.17) is 14.2 Å². The predicted octanol–water partition coefficient (Wildman–Crippen LogP) is 4.79. The van der Waals surface area contributed by atoms with E-state index < -0.39 is 11.9 Å². The Kier molecular flexibility index (Phi) is 12.2. The Morgan fingerprint density at radius 2 is 1.23 bits per heavy atom. The van der Waals surface area contributed by atoms with E-state index in [0.717, 1.165) is 12.8 Å². The number of carbonyl (C=O) groups excluding carboxylic acids is 2. The lowest BCUT2D eigenvalue weighted by Crippen LogP contribution is -2.16. The number of ether oxygens (including phenoxy) is 3. The molecule has 5 heteroatoms. The third kappa shape index (κ3) is 8.99. The molecule has 0 saturated heterocycles. The van der Waals surface area contributed by atoms with Crippen molar-refractivity contribution in [3.63, 3.8) is 0 Å². The van der Waals surface area contributed by atoms with Crippen molar-refractivity contribution in [2.45, 2.75) is 58.3 Å². The topological polar surface area (TPSA) is 61.8 Å². The van der Waals surface area contributed by atoms with Gasteiger partial charge in [-0.05, 0) is 18.6 Å². The van der Waals surface area contributed by atoms with Crippen LogP contribution in [-0.2, 0) is 14.2 Å². The minimum atomic E-state index is -0.540. The van der Waals surface area contributed by atoms with Crippen molar-refractivity contribution in [3.8, 4) is 0 Å². The van der Waals surface area contributed by atoms with Crippen LogP contribution < -0.4 is 0 Å². The van der Waals surface area contributed by atoms with Crippen LogP contribution in [0.2, 0.25) is 0 Å². The molecule has 0 fully saturated rings. The van der Waals surface area contributed by atoms with Gasteiger partial charge in [0.05, 0.1) is 24.3 Å². The largest absolute Gasteiger partial charge is 0.462 e. The molecule has 0 bridgehead atoms. The second-order valence-corrected chi connectivity index (χ2v) is 6.29. The number of rotatable bonds is 14. The second-order valence-electron chi connectivity index (χ2n) is 6.29. The van der Waals surface area contributed by atoms with Crippen LogP contribution in [-0.4, -0.2) is 38.9 Å². The molecule has 1 aromatic rings. The summed E-state index contributed by atoms with van der Waals surface area (Å²) in [5.41, 5.74) is 0.471. The highest BCUT2D eigenvalue weighted by Gasteiger charge is 2.18. The zero-order valence-corrected chi connectivity index (χ0v) is 16.1. The summed E-state index contributed by atoms with van der Waals surface area (Å²) in [6, 6.07) is 6.56. The van der Waals surface area contributed by atoms with Crippen LogP contribution in [0.4, 0.5) is 0 Å². The molecule has 0 atom stereocenters. The van der Waals surface area contributed by atoms with Crippen LogP contribution in [0.5, 0.6) is 0 Å². The third-order valence-electron chi connectivity index (χ3n) is 4.12. The van der Waals surface area contributed by atoms with Gasteiger partial charge < -0.3 is 14.2 Å². The second kappa shape index (κ2) is 14.3. The van der Waals surface area contributed by atoms with E-state index in [-0.39, 0.29) is 17.7 Å². The molecule has 0 N–H and O–H groups in total. The fourth-order valence-electron chi connectivity index (χ4n) is 2.61. The minimum absolute atomic E-state index is 0.150. The van der Waals surface area contributed by atoms with Crippen molar-refractivity contribution in [1.82, 2.24) is 0 Å². The molecule has 0 aromatic heterocycles. The standard InChI is InChI=1S/C21H32O5/c1-3-4-5-6-7-8-9-12-15-25-20(22)18-13-10-11-14-19(18)21(23)26-17-16-24-2/h10-11,13-14H,3-9,12,15-17H2,1-2H3. The molecule has 0 amide bonds. The van der Waals surface area contributed by atoms with Crippen LogP contribution in [0.25, 0.3) is 0 Å². The highest BCUT2D eigenvalue weighted by Crippen LogP contribution is 2.13. The summed E-state index contributed by atoms with van der Waals surface area (Å²) in [5.74, 6) is -1.02. The van der Waals surface area contributed by atoms with Crippen molar-refractivity contribution < 1.29 is 23.8 Å². The maximum absolute atomic E-state index is 12.3. The number of unbranched alkanes of at least 4 members (excludes halogenated alkanes) is 7. The number of methoxy groups -OCH3 is 1. The Bertz CT molecular complexity index is 527. The summed E-state index contributed by atoms with van der Waals surface area (Å²) in [7, 11) is 1.53. The molecule has 0 spiro atoms. The van der Waals surface area contributed by atoms with Gasteiger partial charge in [-0.15, -0.1) is 0 Å². The molecule has 0 radical (unpaired) electrons. The van der Waals surface area contributed by atoms with Gasteiger partial charge in [0.15, 0.2) is 0 Å². The lowest BCUT2D eigenvalue weighted by Gasteiger charge is -2.09. The average Bonchev–Trinajstić information content (AvgIpc) is 2.66. The zero-order valence-electron chi connectivity index (χ0n) is 16.1. The van der Waals surface area contributed by atoms with Gasteiger partial charge in [-0.2, -0.15) is 0 Å². The minimum Gasteiger partial charge on any atom is -0.462 e.